The van der Waals surface area contributed by atoms with Crippen LogP contribution in [-0.4, -0.2) is 35.5 Å². The zero-order valence-electron chi connectivity index (χ0n) is 18.6. The standard InChI is InChI=1S/C21H28N2O4S2.O2/c1-7-10-29(25,26)27-20-16(12-22-23(20)6)18(24)15-11-13(2)19-17(14(15)3)21(4,5)8-9-28-19;1-2/h11-12H,7-10H2,1-6H3;. The summed E-state index contributed by atoms with van der Waals surface area (Å²) in [5.41, 5.74) is 3.93. The zero-order valence-corrected chi connectivity index (χ0v) is 20.3. The van der Waals surface area contributed by atoms with E-state index in [2.05, 4.69) is 18.9 Å². The number of fused-ring (bicyclic) bond motifs is 1. The van der Waals surface area contributed by atoms with E-state index in [-0.39, 0.29) is 28.4 Å². The molecular formula is C21H28N2O6S2. The van der Waals surface area contributed by atoms with Crippen LogP contribution in [0.3, 0.4) is 0 Å². The van der Waals surface area contributed by atoms with E-state index in [0.717, 1.165) is 23.3 Å². The third-order valence-corrected chi connectivity index (χ3v) is 7.95. The lowest BCUT2D eigenvalue weighted by molar-refractivity contribution is 0.103. The fourth-order valence-electron chi connectivity index (χ4n) is 3.90. The summed E-state index contributed by atoms with van der Waals surface area (Å²) in [5, 5.41) is 4.08. The Morgan fingerprint density at radius 1 is 1.26 bits per heavy atom. The molecule has 0 N–H and O–H groups in total. The molecule has 0 saturated carbocycles. The SMILES string of the molecule is CCCS(=O)(=O)Oc1c(C(=O)c2cc(C)c3c(c2C)C(C)(C)CCS3)cnn1C.O=O. The van der Waals surface area contributed by atoms with Crippen LogP contribution in [0.1, 0.15) is 66.2 Å². The molecule has 31 heavy (non-hydrogen) atoms. The topological polar surface area (TPSA) is 112 Å². The van der Waals surface area contributed by atoms with Gasteiger partial charge in [0.25, 0.3) is 0 Å². The highest BCUT2D eigenvalue weighted by Gasteiger charge is 2.33. The molecule has 0 amide bonds. The molecule has 0 aliphatic carbocycles. The van der Waals surface area contributed by atoms with Crippen molar-refractivity contribution in [3.8, 4) is 5.88 Å². The number of carbonyl (C=O) groups is 1. The van der Waals surface area contributed by atoms with Crippen LogP contribution in [-0.2, 0) is 22.6 Å². The summed E-state index contributed by atoms with van der Waals surface area (Å²) in [6.07, 6.45) is 2.85. The van der Waals surface area contributed by atoms with Crippen molar-refractivity contribution < 1.29 is 17.4 Å². The summed E-state index contributed by atoms with van der Waals surface area (Å²) in [6, 6.07) is 1.90. The molecule has 8 nitrogen and oxygen atoms in total. The molecule has 3 rings (SSSR count). The van der Waals surface area contributed by atoms with Gasteiger partial charge >= 0.3 is 10.1 Å². The highest BCUT2D eigenvalue weighted by atomic mass is 32.2. The van der Waals surface area contributed by atoms with E-state index in [0.29, 0.717) is 12.0 Å². The molecule has 1 aromatic heterocycles. The second-order valence-electron chi connectivity index (χ2n) is 8.21. The first kappa shape index (κ1) is 25.1. The average molecular weight is 469 g/mol. The second kappa shape index (κ2) is 9.52. The number of thioether (sulfide) groups is 1. The number of benzene rings is 1. The first-order valence-electron chi connectivity index (χ1n) is 9.91. The molecular weight excluding hydrogens is 440 g/mol. The predicted octanol–water partition coefficient (Wildman–Crippen LogP) is 4.23. The van der Waals surface area contributed by atoms with Gasteiger partial charge in [0.05, 0.1) is 11.9 Å². The molecule has 2 aromatic rings. The van der Waals surface area contributed by atoms with Gasteiger partial charge in [-0.2, -0.15) is 13.5 Å². The van der Waals surface area contributed by atoms with Crippen LogP contribution in [0.2, 0.25) is 0 Å². The van der Waals surface area contributed by atoms with E-state index in [9.17, 15) is 13.2 Å². The lowest BCUT2D eigenvalue weighted by Gasteiger charge is -2.35. The van der Waals surface area contributed by atoms with Crippen molar-refractivity contribution in [2.24, 2.45) is 7.05 Å². The Labute approximate surface area is 187 Å². The third-order valence-electron chi connectivity index (χ3n) is 5.41. The molecule has 10 heteroatoms. The number of nitrogens with zero attached hydrogens (tertiary/aromatic N) is 2. The monoisotopic (exact) mass is 468 g/mol. The smallest absolute Gasteiger partial charge is 0.310 e. The van der Waals surface area contributed by atoms with Crippen molar-refractivity contribution >= 4 is 27.7 Å². The zero-order chi connectivity index (χ0) is 23.6. The minimum absolute atomic E-state index is 0.0234. The first-order chi connectivity index (χ1) is 14.5. The highest BCUT2D eigenvalue weighted by molar-refractivity contribution is 7.99. The Balaban J connectivity index is 0.00000166. The van der Waals surface area contributed by atoms with Gasteiger partial charge in [-0.25, -0.2) is 4.68 Å². The highest BCUT2D eigenvalue weighted by Crippen LogP contribution is 2.46. The van der Waals surface area contributed by atoms with E-state index >= 15 is 0 Å². The summed E-state index contributed by atoms with van der Waals surface area (Å²) < 4.78 is 30.9. The Hall–Kier alpha value is -2.20. The Morgan fingerprint density at radius 3 is 2.52 bits per heavy atom. The molecule has 1 aromatic carbocycles. The molecule has 1 aliphatic heterocycles. The van der Waals surface area contributed by atoms with Gasteiger partial charge < -0.3 is 4.18 Å². The van der Waals surface area contributed by atoms with Crippen LogP contribution in [0, 0.1) is 23.8 Å². The molecule has 0 atom stereocenters. The predicted molar refractivity (Wildman–Crippen MR) is 122 cm³/mol. The number of aromatic nitrogens is 2. The van der Waals surface area contributed by atoms with E-state index in [1.54, 1.807) is 14.0 Å². The van der Waals surface area contributed by atoms with E-state index < -0.39 is 10.1 Å². The van der Waals surface area contributed by atoms with Crippen LogP contribution in [0.25, 0.3) is 0 Å². The fourth-order valence-corrected chi connectivity index (χ4v) is 6.60. The Kier molecular flexibility index (Phi) is 7.70. The van der Waals surface area contributed by atoms with E-state index in [1.165, 1.54) is 21.3 Å². The third kappa shape index (κ3) is 5.01. The lowest BCUT2D eigenvalue weighted by atomic mass is 9.77. The van der Waals surface area contributed by atoms with Crippen LogP contribution in [0.5, 0.6) is 5.88 Å². The molecule has 1 aliphatic rings. The number of ketones is 1. The molecule has 170 valence electrons. The van der Waals surface area contributed by atoms with E-state index in [1.807, 2.05) is 31.7 Å². The first-order valence-corrected chi connectivity index (χ1v) is 12.5. The Morgan fingerprint density at radius 2 is 1.90 bits per heavy atom. The van der Waals surface area contributed by atoms with Gasteiger partial charge in [-0.15, -0.1) is 11.8 Å². The number of hydrogen-bond donors (Lipinski definition) is 0. The maximum absolute atomic E-state index is 13.5. The minimum Gasteiger partial charge on any atom is -0.361 e. The fraction of sp³-hybridized carbons (Fsp3) is 0.524. The maximum Gasteiger partial charge on any atom is 0.310 e. The lowest BCUT2D eigenvalue weighted by Crippen LogP contribution is -2.26. The molecule has 0 bridgehead atoms. The van der Waals surface area contributed by atoms with Gasteiger partial charge in [0.2, 0.25) is 5.88 Å². The van der Waals surface area contributed by atoms with Crippen molar-refractivity contribution in [2.45, 2.75) is 57.8 Å². The number of aryl methyl sites for hydroxylation is 2. The van der Waals surface area contributed by atoms with Gasteiger partial charge in [0.15, 0.2) is 5.78 Å². The van der Waals surface area contributed by atoms with E-state index in [4.69, 9.17) is 14.1 Å². The van der Waals surface area contributed by atoms with Gasteiger partial charge in [-0.3, -0.25) is 4.79 Å². The molecule has 0 unspecified atom stereocenters. The average Bonchev–Trinajstić information content (AvgIpc) is 3.04. The van der Waals surface area contributed by atoms with Crippen LogP contribution in [0.4, 0.5) is 0 Å². The molecule has 0 radical (unpaired) electrons. The van der Waals surface area contributed by atoms with Gasteiger partial charge in [-0.05, 0) is 60.6 Å². The summed E-state index contributed by atoms with van der Waals surface area (Å²) in [4.78, 5) is 28.7. The van der Waals surface area contributed by atoms with Crippen molar-refractivity contribution in [1.82, 2.24) is 9.78 Å². The maximum atomic E-state index is 13.5. The molecule has 0 fully saturated rings. The number of rotatable bonds is 6. The normalized spacial score (nSPS) is 14.9. The molecule has 0 saturated heterocycles. The summed E-state index contributed by atoms with van der Waals surface area (Å²) in [6.45, 7) is 10.2. The van der Waals surface area contributed by atoms with Crippen molar-refractivity contribution in [3.63, 3.8) is 0 Å². The quantitative estimate of drug-likeness (QED) is 0.457. The van der Waals surface area contributed by atoms with Gasteiger partial charge in [0.1, 0.15) is 5.56 Å². The van der Waals surface area contributed by atoms with Crippen LogP contribution in [0.15, 0.2) is 17.2 Å². The van der Waals surface area contributed by atoms with Crippen molar-refractivity contribution in [1.29, 1.82) is 0 Å². The molecule has 0 spiro atoms. The largest absolute Gasteiger partial charge is 0.361 e. The minimum atomic E-state index is -3.78. The second-order valence-corrected chi connectivity index (χ2v) is 11.0. The summed E-state index contributed by atoms with van der Waals surface area (Å²) in [7, 11) is -2.22. The van der Waals surface area contributed by atoms with Crippen molar-refractivity contribution in [2.75, 3.05) is 11.5 Å². The summed E-state index contributed by atoms with van der Waals surface area (Å²) in [5.74, 6) is 0.638. The van der Waals surface area contributed by atoms with Gasteiger partial charge in [0, 0.05) is 27.4 Å². The molecule has 2 heterocycles. The van der Waals surface area contributed by atoms with Crippen LogP contribution >= 0.6 is 11.8 Å². The number of hydrogen-bond acceptors (Lipinski definition) is 8. The van der Waals surface area contributed by atoms with Gasteiger partial charge in [-0.1, -0.05) is 20.8 Å². The summed E-state index contributed by atoms with van der Waals surface area (Å²) >= 11 is 1.84. The number of carbonyl (C=O) groups excluding carboxylic acids is 1. The van der Waals surface area contributed by atoms with Crippen LogP contribution < -0.4 is 4.18 Å². The van der Waals surface area contributed by atoms with Crippen molar-refractivity contribution in [3.05, 3.63) is 50.0 Å². The Bertz CT molecular complexity index is 1090.